The van der Waals surface area contributed by atoms with Gasteiger partial charge in [-0.3, -0.25) is 0 Å². The van der Waals surface area contributed by atoms with E-state index in [0.717, 1.165) is 12.3 Å². The topological polar surface area (TPSA) is 12.0 Å². The summed E-state index contributed by atoms with van der Waals surface area (Å²) in [6.07, 6.45) is 15.3. The number of hydrogen-bond acceptors (Lipinski definition) is 1. The molecule has 1 N–H and O–H groups in total. The third kappa shape index (κ3) is 5.98. The van der Waals surface area contributed by atoms with Crippen LogP contribution in [-0.2, 0) is 0 Å². The molecule has 0 radical (unpaired) electrons. The van der Waals surface area contributed by atoms with Gasteiger partial charge in [-0.25, -0.2) is 0 Å². The molecule has 0 spiro atoms. The Balaban J connectivity index is 2.53. The fourth-order valence-electron chi connectivity index (χ4n) is 3.28. The van der Waals surface area contributed by atoms with Gasteiger partial charge in [-0.15, -0.1) is 6.58 Å². The molecule has 0 aromatic carbocycles. The smallest absolute Gasteiger partial charge is 0.0320 e. The predicted octanol–water partition coefficient (Wildman–Crippen LogP) is 5.61. The van der Waals surface area contributed by atoms with Gasteiger partial charge in [0, 0.05) is 17.2 Å². The molecular formula is C19H33N. The average Bonchev–Trinajstić information content (AvgIpc) is 2.38. The van der Waals surface area contributed by atoms with Gasteiger partial charge in [-0.05, 0) is 58.3 Å². The van der Waals surface area contributed by atoms with Crippen LogP contribution in [0.5, 0.6) is 0 Å². The lowest BCUT2D eigenvalue weighted by atomic mass is 9.84. The first-order valence-electron chi connectivity index (χ1n) is 8.23. The van der Waals surface area contributed by atoms with E-state index in [0.29, 0.717) is 5.92 Å². The van der Waals surface area contributed by atoms with Gasteiger partial charge in [0.1, 0.15) is 0 Å². The van der Waals surface area contributed by atoms with Crippen LogP contribution in [0.3, 0.4) is 0 Å². The van der Waals surface area contributed by atoms with E-state index in [1.54, 1.807) is 0 Å². The first kappa shape index (κ1) is 17.1. The van der Waals surface area contributed by atoms with Crippen molar-refractivity contribution in [1.82, 2.24) is 5.32 Å². The molecule has 0 fully saturated rings. The van der Waals surface area contributed by atoms with Gasteiger partial charge < -0.3 is 5.32 Å². The molecule has 0 saturated heterocycles. The van der Waals surface area contributed by atoms with Crippen LogP contribution < -0.4 is 5.32 Å². The Bertz CT molecular complexity index is 338. The summed E-state index contributed by atoms with van der Waals surface area (Å²) >= 11 is 0. The number of rotatable bonds is 9. The molecule has 114 valence electrons. The minimum Gasteiger partial charge on any atom is -0.384 e. The Hall–Kier alpha value is -0.980. The van der Waals surface area contributed by atoms with Gasteiger partial charge in [-0.2, -0.15) is 0 Å². The van der Waals surface area contributed by atoms with E-state index < -0.39 is 0 Å². The van der Waals surface area contributed by atoms with Crippen LogP contribution in [0.1, 0.15) is 65.7 Å². The molecule has 0 aromatic heterocycles. The SMILES string of the molecule is C=CCC(CCC)C(=C)NC(C)(C)CC1C=CCCC1. The molecule has 0 amide bonds. The van der Waals surface area contributed by atoms with Gasteiger partial charge in [0.25, 0.3) is 0 Å². The normalized spacial score (nSPS) is 20.4. The maximum atomic E-state index is 4.29. The van der Waals surface area contributed by atoms with Crippen LogP contribution in [0, 0.1) is 11.8 Å². The molecule has 1 aliphatic carbocycles. The summed E-state index contributed by atoms with van der Waals surface area (Å²) in [7, 11) is 0. The number of allylic oxidation sites excluding steroid dienone is 4. The molecule has 0 aliphatic heterocycles. The maximum absolute atomic E-state index is 4.29. The maximum Gasteiger partial charge on any atom is 0.0320 e. The van der Waals surface area contributed by atoms with Gasteiger partial charge >= 0.3 is 0 Å². The van der Waals surface area contributed by atoms with Crippen molar-refractivity contribution in [2.75, 3.05) is 0 Å². The molecule has 2 atom stereocenters. The van der Waals surface area contributed by atoms with E-state index in [1.807, 2.05) is 6.08 Å². The zero-order valence-corrected chi connectivity index (χ0v) is 13.8. The zero-order chi connectivity index (χ0) is 15.0. The predicted molar refractivity (Wildman–Crippen MR) is 90.7 cm³/mol. The summed E-state index contributed by atoms with van der Waals surface area (Å²) in [6, 6.07) is 0. The Morgan fingerprint density at radius 2 is 2.25 bits per heavy atom. The highest BCUT2D eigenvalue weighted by atomic mass is 15.0. The highest BCUT2D eigenvalue weighted by molar-refractivity contribution is 5.06. The largest absolute Gasteiger partial charge is 0.384 e. The molecule has 1 heteroatoms. The van der Waals surface area contributed by atoms with E-state index in [9.17, 15) is 0 Å². The van der Waals surface area contributed by atoms with Crippen molar-refractivity contribution in [2.45, 2.75) is 71.3 Å². The Morgan fingerprint density at radius 3 is 2.80 bits per heavy atom. The van der Waals surface area contributed by atoms with Crippen LogP contribution in [0.2, 0.25) is 0 Å². The lowest BCUT2D eigenvalue weighted by molar-refractivity contribution is 0.315. The fraction of sp³-hybridized carbons (Fsp3) is 0.684. The van der Waals surface area contributed by atoms with Crippen molar-refractivity contribution in [3.05, 3.63) is 37.1 Å². The lowest BCUT2D eigenvalue weighted by Gasteiger charge is -2.34. The Morgan fingerprint density at radius 1 is 1.50 bits per heavy atom. The van der Waals surface area contributed by atoms with Crippen molar-refractivity contribution in [2.24, 2.45) is 11.8 Å². The van der Waals surface area contributed by atoms with E-state index in [4.69, 9.17) is 0 Å². The van der Waals surface area contributed by atoms with Crippen molar-refractivity contribution in [1.29, 1.82) is 0 Å². The van der Waals surface area contributed by atoms with E-state index >= 15 is 0 Å². The van der Waals surface area contributed by atoms with Gasteiger partial charge in [0.2, 0.25) is 0 Å². The van der Waals surface area contributed by atoms with Crippen LogP contribution in [0.15, 0.2) is 37.1 Å². The standard InChI is InChI=1S/C19H33N/c1-6-11-18(12-7-2)16(3)20-19(4,5)15-17-13-9-8-10-14-17/h6,9,13,17-18,20H,1,3,7-8,10-12,14-15H2,2,4-5H3. The molecule has 0 saturated carbocycles. The molecule has 0 aromatic rings. The summed E-state index contributed by atoms with van der Waals surface area (Å²) in [5.41, 5.74) is 1.31. The summed E-state index contributed by atoms with van der Waals surface area (Å²) in [5, 5.41) is 3.70. The molecular weight excluding hydrogens is 242 g/mol. The van der Waals surface area contributed by atoms with Crippen molar-refractivity contribution in [3.8, 4) is 0 Å². The third-order valence-electron chi connectivity index (χ3n) is 4.21. The average molecular weight is 275 g/mol. The molecule has 2 unspecified atom stereocenters. The summed E-state index contributed by atoms with van der Waals surface area (Å²) in [5.74, 6) is 1.25. The van der Waals surface area contributed by atoms with Gasteiger partial charge in [0.05, 0.1) is 0 Å². The highest BCUT2D eigenvalue weighted by Crippen LogP contribution is 2.28. The molecule has 1 aliphatic rings. The molecule has 20 heavy (non-hydrogen) atoms. The quantitative estimate of drug-likeness (QED) is 0.539. The van der Waals surface area contributed by atoms with Crippen molar-refractivity contribution < 1.29 is 0 Å². The van der Waals surface area contributed by atoms with E-state index in [-0.39, 0.29) is 5.54 Å². The van der Waals surface area contributed by atoms with Gasteiger partial charge in [-0.1, -0.05) is 38.2 Å². The molecule has 0 heterocycles. The Labute approximate surface area is 126 Å². The van der Waals surface area contributed by atoms with Crippen LogP contribution in [-0.4, -0.2) is 5.54 Å². The second kappa shape index (κ2) is 8.34. The molecule has 1 rings (SSSR count). The summed E-state index contributed by atoms with van der Waals surface area (Å²) in [6.45, 7) is 15.0. The number of hydrogen-bond donors (Lipinski definition) is 1. The van der Waals surface area contributed by atoms with E-state index in [2.05, 4.69) is 51.4 Å². The highest BCUT2D eigenvalue weighted by Gasteiger charge is 2.24. The van der Waals surface area contributed by atoms with Crippen LogP contribution in [0.4, 0.5) is 0 Å². The summed E-state index contributed by atoms with van der Waals surface area (Å²) in [4.78, 5) is 0. The number of nitrogens with one attached hydrogen (secondary N) is 1. The zero-order valence-electron chi connectivity index (χ0n) is 13.8. The van der Waals surface area contributed by atoms with Crippen molar-refractivity contribution >= 4 is 0 Å². The second-order valence-electron chi connectivity index (χ2n) is 6.87. The van der Waals surface area contributed by atoms with E-state index in [1.165, 1.54) is 44.2 Å². The minimum atomic E-state index is 0.122. The fourth-order valence-corrected chi connectivity index (χ4v) is 3.28. The first-order chi connectivity index (χ1) is 9.48. The van der Waals surface area contributed by atoms with Gasteiger partial charge in [0.15, 0.2) is 0 Å². The van der Waals surface area contributed by atoms with Crippen LogP contribution >= 0.6 is 0 Å². The minimum absolute atomic E-state index is 0.122. The third-order valence-corrected chi connectivity index (χ3v) is 4.21. The molecule has 0 bridgehead atoms. The first-order valence-corrected chi connectivity index (χ1v) is 8.23. The Kier molecular flexibility index (Phi) is 7.12. The lowest BCUT2D eigenvalue weighted by Crippen LogP contribution is -2.41. The molecule has 1 nitrogen and oxygen atoms in total. The van der Waals surface area contributed by atoms with Crippen LogP contribution in [0.25, 0.3) is 0 Å². The monoisotopic (exact) mass is 275 g/mol. The van der Waals surface area contributed by atoms with Crippen molar-refractivity contribution in [3.63, 3.8) is 0 Å². The summed E-state index contributed by atoms with van der Waals surface area (Å²) < 4.78 is 0. The second-order valence-corrected chi connectivity index (χ2v) is 6.87.